The van der Waals surface area contributed by atoms with Crippen LogP contribution in [0, 0.1) is 5.41 Å². The van der Waals surface area contributed by atoms with Crippen molar-refractivity contribution in [2.45, 2.75) is 6.92 Å². The van der Waals surface area contributed by atoms with Gasteiger partial charge in [0.2, 0.25) is 0 Å². The van der Waals surface area contributed by atoms with Gasteiger partial charge in [-0.3, -0.25) is 4.79 Å². The summed E-state index contributed by atoms with van der Waals surface area (Å²) in [6.45, 7) is 4.12. The lowest BCUT2D eigenvalue weighted by atomic mass is 9.88. The number of halogens is 1. The number of amides is 1. The van der Waals surface area contributed by atoms with Gasteiger partial charge < -0.3 is 10.1 Å². The van der Waals surface area contributed by atoms with E-state index in [1.54, 1.807) is 24.3 Å². The van der Waals surface area contributed by atoms with Crippen molar-refractivity contribution in [3.05, 3.63) is 34.9 Å². The molecule has 0 spiro atoms. The van der Waals surface area contributed by atoms with E-state index in [0.29, 0.717) is 30.3 Å². The smallest absolute Gasteiger partial charge is 0.252 e. The van der Waals surface area contributed by atoms with Gasteiger partial charge in [-0.15, -0.1) is 0 Å². The predicted molar refractivity (Wildman–Crippen MR) is 62.7 cm³/mol. The Bertz CT molecular complexity index is 402. The molecule has 1 N–H and O–H groups in total. The van der Waals surface area contributed by atoms with E-state index >= 15 is 0 Å². The lowest BCUT2D eigenvalue weighted by molar-refractivity contribution is -0.0978. The second-order valence-corrected chi connectivity index (χ2v) is 4.87. The standard InChI is InChI=1S/C12H14ClNO2/c1-12(7-16-8-12)6-14-11(15)9-4-2-3-5-10(9)13/h2-5H,6-8H2,1H3,(H,14,15). The van der Waals surface area contributed by atoms with E-state index in [2.05, 4.69) is 12.2 Å². The van der Waals surface area contributed by atoms with Crippen molar-refractivity contribution in [2.75, 3.05) is 19.8 Å². The number of carbonyl (C=O) groups is 1. The first-order chi connectivity index (χ1) is 7.61. The summed E-state index contributed by atoms with van der Waals surface area (Å²) in [6.07, 6.45) is 0. The largest absolute Gasteiger partial charge is 0.380 e. The Labute approximate surface area is 99.7 Å². The molecule has 0 saturated carbocycles. The Kier molecular flexibility index (Phi) is 3.17. The van der Waals surface area contributed by atoms with Crippen LogP contribution in [-0.2, 0) is 4.74 Å². The van der Waals surface area contributed by atoms with E-state index in [1.807, 2.05) is 0 Å². The maximum atomic E-state index is 11.8. The molecule has 3 nitrogen and oxygen atoms in total. The van der Waals surface area contributed by atoms with Crippen LogP contribution in [0.25, 0.3) is 0 Å². The van der Waals surface area contributed by atoms with E-state index in [9.17, 15) is 4.79 Å². The summed E-state index contributed by atoms with van der Waals surface area (Å²) in [5.41, 5.74) is 0.602. The van der Waals surface area contributed by atoms with E-state index in [0.717, 1.165) is 0 Å². The average Bonchev–Trinajstić information content (AvgIpc) is 2.24. The molecule has 2 rings (SSSR count). The van der Waals surface area contributed by atoms with Crippen LogP contribution in [0.5, 0.6) is 0 Å². The molecular weight excluding hydrogens is 226 g/mol. The van der Waals surface area contributed by atoms with Crippen LogP contribution in [0.4, 0.5) is 0 Å². The van der Waals surface area contributed by atoms with Crippen molar-refractivity contribution in [1.82, 2.24) is 5.32 Å². The zero-order valence-corrected chi connectivity index (χ0v) is 9.88. The number of hydrogen-bond acceptors (Lipinski definition) is 2. The molecule has 1 aromatic rings. The van der Waals surface area contributed by atoms with Gasteiger partial charge in [0.05, 0.1) is 23.8 Å². The summed E-state index contributed by atoms with van der Waals surface area (Å²) in [6, 6.07) is 7.04. The first-order valence-electron chi connectivity index (χ1n) is 5.21. The summed E-state index contributed by atoms with van der Waals surface area (Å²) in [5, 5.41) is 3.36. The van der Waals surface area contributed by atoms with Crippen LogP contribution in [0.3, 0.4) is 0 Å². The predicted octanol–water partition coefficient (Wildman–Crippen LogP) is 2.11. The fourth-order valence-electron chi connectivity index (χ4n) is 1.59. The Morgan fingerprint density at radius 3 is 2.75 bits per heavy atom. The molecular formula is C12H14ClNO2. The van der Waals surface area contributed by atoms with E-state index in [-0.39, 0.29) is 11.3 Å². The molecule has 1 amide bonds. The second-order valence-electron chi connectivity index (χ2n) is 4.47. The van der Waals surface area contributed by atoms with Crippen molar-refractivity contribution in [1.29, 1.82) is 0 Å². The third kappa shape index (κ3) is 2.36. The maximum absolute atomic E-state index is 11.8. The molecule has 1 aromatic carbocycles. The van der Waals surface area contributed by atoms with Crippen molar-refractivity contribution >= 4 is 17.5 Å². The fourth-order valence-corrected chi connectivity index (χ4v) is 1.81. The topological polar surface area (TPSA) is 38.3 Å². The van der Waals surface area contributed by atoms with Crippen LogP contribution in [0.2, 0.25) is 5.02 Å². The minimum Gasteiger partial charge on any atom is -0.380 e. The Morgan fingerprint density at radius 2 is 2.19 bits per heavy atom. The molecule has 0 atom stereocenters. The molecule has 1 fully saturated rings. The van der Waals surface area contributed by atoms with Gasteiger partial charge in [-0.25, -0.2) is 0 Å². The molecule has 1 aliphatic heterocycles. The summed E-state index contributed by atoms with van der Waals surface area (Å²) in [4.78, 5) is 11.8. The van der Waals surface area contributed by atoms with Gasteiger partial charge in [-0.05, 0) is 12.1 Å². The summed E-state index contributed by atoms with van der Waals surface area (Å²) >= 11 is 5.93. The van der Waals surface area contributed by atoms with Crippen LogP contribution in [0.15, 0.2) is 24.3 Å². The van der Waals surface area contributed by atoms with Gasteiger partial charge in [0.15, 0.2) is 0 Å². The van der Waals surface area contributed by atoms with Gasteiger partial charge >= 0.3 is 0 Å². The molecule has 0 bridgehead atoms. The molecule has 4 heteroatoms. The zero-order valence-electron chi connectivity index (χ0n) is 9.13. The van der Waals surface area contributed by atoms with Crippen LogP contribution < -0.4 is 5.32 Å². The maximum Gasteiger partial charge on any atom is 0.252 e. The van der Waals surface area contributed by atoms with E-state index in [1.165, 1.54) is 0 Å². The summed E-state index contributed by atoms with van der Waals surface area (Å²) in [5.74, 6) is -0.126. The Hall–Kier alpha value is -1.06. The number of benzene rings is 1. The highest BCUT2D eigenvalue weighted by Crippen LogP contribution is 2.25. The molecule has 86 valence electrons. The minimum atomic E-state index is -0.126. The SMILES string of the molecule is CC1(CNC(=O)c2ccccc2Cl)COC1. The van der Waals surface area contributed by atoms with Gasteiger partial charge in [0.1, 0.15) is 0 Å². The van der Waals surface area contributed by atoms with Crippen molar-refractivity contribution in [2.24, 2.45) is 5.41 Å². The number of nitrogens with one attached hydrogen (secondary N) is 1. The monoisotopic (exact) mass is 239 g/mol. The number of rotatable bonds is 3. The normalized spacial score (nSPS) is 17.6. The van der Waals surface area contributed by atoms with Crippen molar-refractivity contribution in [3.63, 3.8) is 0 Å². The summed E-state index contributed by atoms with van der Waals surface area (Å²) in [7, 11) is 0. The van der Waals surface area contributed by atoms with Crippen molar-refractivity contribution < 1.29 is 9.53 Å². The van der Waals surface area contributed by atoms with Crippen LogP contribution >= 0.6 is 11.6 Å². The van der Waals surface area contributed by atoms with Crippen LogP contribution in [0.1, 0.15) is 17.3 Å². The first-order valence-corrected chi connectivity index (χ1v) is 5.59. The lowest BCUT2D eigenvalue weighted by Crippen LogP contribution is -2.48. The number of ether oxygens (including phenoxy) is 1. The van der Waals surface area contributed by atoms with Gasteiger partial charge in [-0.2, -0.15) is 0 Å². The van der Waals surface area contributed by atoms with Crippen molar-refractivity contribution in [3.8, 4) is 0 Å². The molecule has 1 saturated heterocycles. The Morgan fingerprint density at radius 1 is 1.50 bits per heavy atom. The fraction of sp³-hybridized carbons (Fsp3) is 0.417. The van der Waals surface area contributed by atoms with Gasteiger partial charge in [-0.1, -0.05) is 30.7 Å². The number of carbonyl (C=O) groups excluding carboxylic acids is 1. The van der Waals surface area contributed by atoms with E-state index < -0.39 is 0 Å². The molecule has 0 unspecified atom stereocenters. The third-order valence-electron chi connectivity index (χ3n) is 2.70. The quantitative estimate of drug-likeness (QED) is 0.878. The molecule has 0 aliphatic carbocycles. The molecule has 0 radical (unpaired) electrons. The summed E-state index contributed by atoms with van der Waals surface area (Å²) < 4.78 is 5.12. The number of hydrogen-bond donors (Lipinski definition) is 1. The first kappa shape index (κ1) is 11.4. The Balaban J connectivity index is 1.96. The van der Waals surface area contributed by atoms with Crippen LogP contribution in [-0.4, -0.2) is 25.7 Å². The highest BCUT2D eigenvalue weighted by atomic mass is 35.5. The molecule has 0 aromatic heterocycles. The molecule has 16 heavy (non-hydrogen) atoms. The molecule has 1 heterocycles. The van der Waals surface area contributed by atoms with E-state index in [4.69, 9.17) is 16.3 Å². The second kappa shape index (κ2) is 4.44. The highest BCUT2D eigenvalue weighted by molar-refractivity contribution is 6.33. The lowest BCUT2D eigenvalue weighted by Gasteiger charge is -2.38. The zero-order chi connectivity index (χ0) is 11.6. The van der Waals surface area contributed by atoms with Gasteiger partial charge in [0, 0.05) is 12.0 Å². The highest BCUT2D eigenvalue weighted by Gasteiger charge is 2.33. The van der Waals surface area contributed by atoms with Gasteiger partial charge in [0.25, 0.3) is 5.91 Å². The average molecular weight is 240 g/mol. The third-order valence-corrected chi connectivity index (χ3v) is 3.02. The molecule has 1 aliphatic rings. The minimum absolute atomic E-state index is 0.0803.